The average Bonchev–Trinajstić information content (AvgIpc) is 2.49. The summed E-state index contributed by atoms with van der Waals surface area (Å²) in [5.74, 6) is 0.740. The number of benzene rings is 1. The topological polar surface area (TPSA) is 87.8 Å². The van der Waals surface area contributed by atoms with Crippen LogP contribution in [0.5, 0.6) is 5.75 Å². The van der Waals surface area contributed by atoms with Gasteiger partial charge in [0.1, 0.15) is 5.75 Å². The first-order valence-corrected chi connectivity index (χ1v) is 7.19. The number of nitrogens with one attached hydrogen (secondary N) is 1. The van der Waals surface area contributed by atoms with Crippen LogP contribution >= 0.6 is 0 Å². The summed E-state index contributed by atoms with van der Waals surface area (Å²) >= 11 is 0. The van der Waals surface area contributed by atoms with Crippen molar-refractivity contribution >= 4 is 17.3 Å². The molecular weight excluding hydrogens is 270 g/mol. The van der Waals surface area contributed by atoms with Crippen molar-refractivity contribution in [1.82, 2.24) is 4.90 Å². The molecule has 0 spiro atoms. The molecule has 1 saturated heterocycles. The Morgan fingerprint density at radius 2 is 2.38 bits per heavy atom. The summed E-state index contributed by atoms with van der Waals surface area (Å²) in [4.78, 5) is 14.2. The average molecular weight is 293 g/mol. The number of anilines is 2. The van der Waals surface area contributed by atoms with Gasteiger partial charge in [-0.05, 0) is 37.4 Å². The molecule has 0 saturated carbocycles. The minimum absolute atomic E-state index is 0.0864. The van der Waals surface area contributed by atoms with Crippen LogP contribution in [-0.4, -0.2) is 49.3 Å². The molecule has 4 N–H and O–H groups in total. The quantitative estimate of drug-likeness (QED) is 0.703. The number of rotatable bonds is 5. The van der Waals surface area contributed by atoms with Crippen LogP contribution in [0.1, 0.15) is 12.8 Å². The van der Waals surface area contributed by atoms with Gasteiger partial charge in [-0.25, -0.2) is 0 Å². The Morgan fingerprint density at radius 3 is 3.10 bits per heavy atom. The maximum absolute atomic E-state index is 12.1. The Balaban J connectivity index is 1.92. The fourth-order valence-electron chi connectivity index (χ4n) is 2.65. The smallest absolute Gasteiger partial charge is 0.238 e. The number of carbonyl (C=O) groups is 1. The van der Waals surface area contributed by atoms with Crippen LogP contribution in [0.25, 0.3) is 0 Å². The number of piperidine rings is 1. The molecule has 0 aliphatic carbocycles. The van der Waals surface area contributed by atoms with Crippen LogP contribution in [0.2, 0.25) is 0 Å². The number of aliphatic hydroxyl groups is 1. The zero-order chi connectivity index (χ0) is 15.2. The highest BCUT2D eigenvalue weighted by atomic mass is 16.5. The lowest BCUT2D eigenvalue weighted by Gasteiger charge is -2.31. The standard InChI is InChI=1S/C15H23N3O3/c1-21-14-7-12(16)4-5-13(14)17-15(20)9-18-6-2-3-11(8-18)10-19/h4-5,7,11,19H,2-3,6,8-10,16H2,1H3,(H,17,20). The minimum Gasteiger partial charge on any atom is -0.494 e. The first kappa shape index (κ1) is 15.6. The van der Waals surface area contributed by atoms with E-state index in [2.05, 4.69) is 10.2 Å². The van der Waals surface area contributed by atoms with E-state index >= 15 is 0 Å². The molecule has 1 aromatic carbocycles. The molecule has 21 heavy (non-hydrogen) atoms. The Bertz CT molecular complexity index is 493. The number of aliphatic hydroxyl groups excluding tert-OH is 1. The lowest BCUT2D eigenvalue weighted by atomic mass is 9.99. The van der Waals surface area contributed by atoms with E-state index in [4.69, 9.17) is 10.5 Å². The summed E-state index contributed by atoms with van der Waals surface area (Å²) in [7, 11) is 1.54. The molecule has 1 heterocycles. The van der Waals surface area contributed by atoms with Crippen LogP contribution < -0.4 is 15.8 Å². The summed E-state index contributed by atoms with van der Waals surface area (Å²) in [6.45, 7) is 2.17. The van der Waals surface area contributed by atoms with Crippen LogP contribution in [0, 0.1) is 5.92 Å². The molecule has 116 valence electrons. The third-order valence-corrected chi connectivity index (χ3v) is 3.73. The number of methoxy groups -OCH3 is 1. The van der Waals surface area contributed by atoms with Gasteiger partial charge in [-0.15, -0.1) is 0 Å². The van der Waals surface area contributed by atoms with Crippen molar-refractivity contribution in [1.29, 1.82) is 0 Å². The number of hydrogen-bond acceptors (Lipinski definition) is 5. The Hall–Kier alpha value is -1.79. The van der Waals surface area contributed by atoms with Gasteiger partial charge in [0.2, 0.25) is 5.91 Å². The van der Waals surface area contributed by atoms with Crippen molar-refractivity contribution in [2.45, 2.75) is 12.8 Å². The molecule has 2 rings (SSSR count). The van der Waals surface area contributed by atoms with Gasteiger partial charge < -0.3 is 20.9 Å². The second-order valence-corrected chi connectivity index (χ2v) is 5.43. The first-order valence-electron chi connectivity index (χ1n) is 7.19. The van der Waals surface area contributed by atoms with Crippen LogP contribution in [0.3, 0.4) is 0 Å². The Labute approximate surface area is 124 Å². The third kappa shape index (κ3) is 4.34. The molecule has 6 heteroatoms. The monoisotopic (exact) mass is 293 g/mol. The molecule has 1 aliphatic heterocycles. The fraction of sp³-hybridized carbons (Fsp3) is 0.533. The molecule has 1 amide bonds. The highest BCUT2D eigenvalue weighted by Crippen LogP contribution is 2.26. The number of hydrogen-bond donors (Lipinski definition) is 3. The van der Waals surface area contributed by atoms with E-state index in [-0.39, 0.29) is 18.4 Å². The fourth-order valence-corrected chi connectivity index (χ4v) is 2.65. The highest BCUT2D eigenvalue weighted by molar-refractivity contribution is 5.94. The number of likely N-dealkylation sites (tertiary alicyclic amines) is 1. The van der Waals surface area contributed by atoms with E-state index < -0.39 is 0 Å². The second kappa shape index (κ2) is 7.28. The zero-order valence-corrected chi connectivity index (χ0v) is 12.3. The van der Waals surface area contributed by atoms with Crippen molar-refractivity contribution in [2.24, 2.45) is 5.92 Å². The van der Waals surface area contributed by atoms with Crippen molar-refractivity contribution in [3.63, 3.8) is 0 Å². The van der Waals surface area contributed by atoms with E-state index in [1.807, 2.05) is 0 Å². The number of nitrogens with zero attached hydrogens (tertiary/aromatic N) is 1. The maximum Gasteiger partial charge on any atom is 0.238 e. The van der Waals surface area contributed by atoms with E-state index in [0.29, 0.717) is 23.7 Å². The van der Waals surface area contributed by atoms with Gasteiger partial charge in [0.25, 0.3) is 0 Å². The van der Waals surface area contributed by atoms with E-state index in [9.17, 15) is 9.90 Å². The number of nitrogens with two attached hydrogens (primary N) is 1. The molecular formula is C15H23N3O3. The molecule has 0 radical (unpaired) electrons. The van der Waals surface area contributed by atoms with Crippen molar-refractivity contribution in [2.75, 3.05) is 44.4 Å². The van der Waals surface area contributed by atoms with Crippen molar-refractivity contribution in [3.8, 4) is 5.75 Å². The molecule has 6 nitrogen and oxygen atoms in total. The lowest BCUT2D eigenvalue weighted by Crippen LogP contribution is -2.41. The summed E-state index contributed by atoms with van der Waals surface area (Å²) in [6.07, 6.45) is 2.05. The molecule has 1 unspecified atom stereocenters. The summed E-state index contributed by atoms with van der Waals surface area (Å²) < 4.78 is 5.21. The SMILES string of the molecule is COc1cc(N)ccc1NC(=O)CN1CCCC(CO)C1. The Kier molecular flexibility index (Phi) is 5.41. The van der Waals surface area contributed by atoms with Gasteiger partial charge in [0.15, 0.2) is 0 Å². The normalized spacial score (nSPS) is 19.2. The summed E-state index contributed by atoms with van der Waals surface area (Å²) in [6, 6.07) is 5.14. The molecule has 1 atom stereocenters. The largest absolute Gasteiger partial charge is 0.494 e. The van der Waals surface area contributed by atoms with Crippen molar-refractivity contribution < 1.29 is 14.6 Å². The van der Waals surface area contributed by atoms with Gasteiger partial charge in [0, 0.05) is 24.9 Å². The molecule has 1 aliphatic rings. The third-order valence-electron chi connectivity index (χ3n) is 3.73. The summed E-state index contributed by atoms with van der Waals surface area (Å²) in [5.41, 5.74) is 6.90. The van der Waals surface area contributed by atoms with Crippen molar-refractivity contribution in [3.05, 3.63) is 18.2 Å². The van der Waals surface area contributed by atoms with E-state index in [0.717, 1.165) is 25.9 Å². The predicted octanol–water partition coefficient (Wildman–Crippen LogP) is 0.920. The van der Waals surface area contributed by atoms with Gasteiger partial charge in [-0.1, -0.05) is 0 Å². The molecule has 1 aromatic rings. The predicted molar refractivity (Wildman–Crippen MR) is 82.3 cm³/mol. The first-order chi connectivity index (χ1) is 10.1. The van der Waals surface area contributed by atoms with Crippen LogP contribution in [-0.2, 0) is 4.79 Å². The molecule has 1 fully saturated rings. The highest BCUT2D eigenvalue weighted by Gasteiger charge is 2.21. The lowest BCUT2D eigenvalue weighted by molar-refractivity contribution is -0.117. The van der Waals surface area contributed by atoms with Gasteiger partial charge >= 0.3 is 0 Å². The second-order valence-electron chi connectivity index (χ2n) is 5.43. The van der Waals surface area contributed by atoms with E-state index in [1.54, 1.807) is 25.3 Å². The van der Waals surface area contributed by atoms with Crippen LogP contribution in [0.4, 0.5) is 11.4 Å². The number of amides is 1. The summed E-state index contributed by atoms with van der Waals surface area (Å²) in [5, 5.41) is 12.1. The maximum atomic E-state index is 12.1. The van der Waals surface area contributed by atoms with Gasteiger partial charge in [-0.3, -0.25) is 9.69 Å². The Morgan fingerprint density at radius 1 is 1.57 bits per heavy atom. The number of ether oxygens (including phenoxy) is 1. The molecule has 0 bridgehead atoms. The van der Waals surface area contributed by atoms with E-state index in [1.165, 1.54) is 0 Å². The zero-order valence-electron chi connectivity index (χ0n) is 12.3. The van der Waals surface area contributed by atoms with Gasteiger partial charge in [-0.2, -0.15) is 0 Å². The van der Waals surface area contributed by atoms with Gasteiger partial charge in [0.05, 0.1) is 19.3 Å². The number of nitrogen functional groups attached to an aromatic ring is 1. The molecule has 0 aromatic heterocycles. The minimum atomic E-state index is -0.0864. The van der Waals surface area contributed by atoms with Crippen LogP contribution in [0.15, 0.2) is 18.2 Å². The number of carbonyl (C=O) groups excluding carboxylic acids is 1.